The van der Waals surface area contributed by atoms with Crippen LogP contribution in [0.15, 0.2) is 35.3 Å². The smallest absolute Gasteiger partial charge is 0.0620 e. The lowest BCUT2D eigenvalue weighted by Gasteiger charge is -2.31. The maximum atomic E-state index is 4.58. The van der Waals surface area contributed by atoms with Crippen molar-refractivity contribution in [2.24, 2.45) is 10.9 Å². The molecule has 0 spiro atoms. The Morgan fingerprint density at radius 3 is 2.61 bits per heavy atom. The predicted octanol–water partition coefficient (Wildman–Crippen LogP) is 3.04. The third kappa shape index (κ3) is 4.34. The van der Waals surface area contributed by atoms with Gasteiger partial charge in [0.15, 0.2) is 0 Å². The van der Waals surface area contributed by atoms with Crippen LogP contribution < -0.4 is 0 Å². The minimum Gasteiger partial charge on any atom is -0.301 e. The van der Waals surface area contributed by atoms with Crippen molar-refractivity contribution in [2.45, 2.75) is 19.3 Å². The summed E-state index contributed by atoms with van der Waals surface area (Å²) in [6.45, 7) is 4.23. The molecule has 3 heteroatoms. The Labute approximate surface area is 115 Å². The second-order valence-electron chi connectivity index (χ2n) is 4.95. The van der Waals surface area contributed by atoms with Crippen LogP contribution in [0, 0.1) is 5.92 Å². The molecule has 2 nitrogen and oxygen atoms in total. The Balaban J connectivity index is 1.72. The summed E-state index contributed by atoms with van der Waals surface area (Å²) in [6.07, 6.45) is 3.83. The summed E-state index contributed by atoms with van der Waals surface area (Å²) in [5, 5.41) is 2.43. The molecule has 2 rings (SSSR count). The monoisotopic (exact) mass is 260 g/mol. The quantitative estimate of drug-likeness (QED) is 0.597. The molecule has 0 amide bonds. The second-order valence-corrected chi connectivity index (χ2v) is 5.13. The summed E-state index contributed by atoms with van der Waals surface area (Å²) in [5.41, 5.74) is 1.47. The molecule has 0 aromatic heterocycles. The number of hydrogen-bond donors (Lipinski definition) is 0. The molecule has 0 unspecified atom stereocenters. The van der Waals surface area contributed by atoms with E-state index in [-0.39, 0.29) is 0 Å². The molecule has 0 radical (unpaired) electrons. The van der Waals surface area contributed by atoms with Crippen molar-refractivity contribution < 1.29 is 0 Å². The summed E-state index contributed by atoms with van der Waals surface area (Å²) in [6, 6.07) is 10.8. The predicted molar refractivity (Wildman–Crippen MR) is 79.2 cm³/mol. The molecule has 0 saturated carbocycles. The van der Waals surface area contributed by atoms with Gasteiger partial charge in [-0.15, -0.1) is 0 Å². The number of benzene rings is 1. The van der Waals surface area contributed by atoms with E-state index in [0.29, 0.717) is 0 Å². The van der Waals surface area contributed by atoms with Crippen molar-refractivity contribution in [1.82, 2.24) is 4.90 Å². The highest BCUT2D eigenvalue weighted by molar-refractivity contribution is 7.78. The van der Waals surface area contributed by atoms with Crippen LogP contribution in [0.1, 0.15) is 18.4 Å². The highest BCUT2D eigenvalue weighted by Gasteiger charge is 2.18. The van der Waals surface area contributed by atoms with Gasteiger partial charge in [0.05, 0.1) is 11.7 Å². The molecule has 1 aliphatic rings. The first kappa shape index (κ1) is 13.4. The summed E-state index contributed by atoms with van der Waals surface area (Å²) in [4.78, 5) is 6.46. The molecule has 1 aliphatic heterocycles. The topological polar surface area (TPSA) is 15.6 Å². The van der Waals surface area contributed by atoms with Crippen LogP contribution in [-0.4, -0.2) is 36.2 Å². The van der Waals surface area contributed by atoms with Crippen molar-refractivity contribution >= 4 is 17.4 Å². The zero-order chi connectivity index (χ0) is 12.6. The SMILES string of the molecule is S=C=NCCN1CCC(Cc2ccccc2)CC1. The molecule has 1 heterocycles. The fraction of sp³-hybridized carbons (Fsp3) is 0.533. The normalized spacial score (nSPS) is 17.3. The van der Waals surface area contributed by atoms with Gasteiger partial charge in [-0.25, -0.2) is 4.99 Å². The van der Waals surface area contributed by atoms with E-state index in [1.54, 1.807) is 0 Å². The number of piperidine rings is 1. The molecule has 18 heavy (non-hydrogen) atoms. The van der Waals surface area contributed by atoms with Crippen molar-refractivity contribution in [3.8, 4) is 0 Å². The Morgan fingerprint density at radius 1 is 1.22 bits per heavy atom. The molecular formula is C15H20N2S. The maximum absolute atomic E-state index is 4.58. The van der Waals surface area contributed by atoms with E-state index >= 15 is 0 Å². The Bertz CT molecular complexity index is 390. The van der Waals surface area contributed by atoms with Gasteiger partial charge in [0.1, 0.15) is 0 Å². The van der Waals surface area contributed by atoms with Gasteiger partial charge in [-0.3, -0.25) is 0 Å². The van der Waals surface area contributed by atoms with E-state index in [1.807, 2.05) is 0 Å². The molecule has 0 aliphatic carbocycles. The van der Waals surface area contributed by atoms with Crippen LogP contribution in [0.5, 0.6) is 0 Å². The van der Waals surface area contributed by atoms with Gasteiger partial charge in [0.25, 0.3) is 0 Å². The first-order chi connectivity index (χ1) is 8.88. The van der Waals surface area contributed by atoms with Crippen LogP contribution in [0.25, 0.3) is 0 Å². The average molecular weight is 260 g/mol. The third-order valence-corrected chi connectivity index (χ3v) is 3.80. The Kier molecular flexibility index (Phi) is 5.53. The van der Waals surface area contributed by atoms with Gasteiger partial charge in [0, 0.05) is 6.54 Å². The Morgan fingerprint density at radius 2 is 1.94 bits per heavy atom. The average Bonchev–Trinajstić information content (AvgIpc) is 2.42. The number of hydrogen-bond acceptors (Lipinski definition) is 3. The lowest BCUT2D eigenvalue weighted by molar-refractivity contribution is 0.188. The minimum absolute atomic E-state index is 0.798. The molecule has 0 N–H and O–H groups in total. The zero-order valence-corrected chi connectivity index (χ0v) is 11.5. The first-order valence-electron chi connectivity index (χ1n) is 6.68. The highest BCUT2D eigenvalue weighted by Crippen LogP contribution is 2.21. The number of rotatable bonds is 5. The van der Waals surface area contributed by atoms with Crippen LogP contribution >= 0.6 is 12.2 Å². The molecular weight excluding hydrogens is 240 g/mol. The summed E-state index contributed by atoms with van der Waals surface area (Å²) < 4.78 is 0. The molecule has 0 bridgehead atoms. The van der Waals surface area contributed by atoms with E-state index in [1.165, 1.54) is 37.9 Å². The van der Waals surface area contributed by atoms with Crippen molar-refractivity contribution in [1.29, 1.82) is 0 Å². The third-order valence-electron chi connectivity index (χ3n) is 3.67. The number of nitrogens with zero attached hydrogens (tertiary/aromatic N) is 2. The van der Waals surface area contributed by atoms with E-state index in [4.69, 9.17) is 0 Å². The van der Waals surface area contributed by atoms with E-state index in [2.05, 4.69) is 57.6 Å². The molecule has 1 saturated heterocycles. The zero-order valence-electron chi connectivity index (χ0n) is 10.7. The summed E-state index contributed by atoms with van der Waals surface area (Å²) in [7, 11) is 0. The van der Waals surface area contributed by atoms with Crippen molar-refractivity contribution in [2.75, 3.05) is 26.2 Å². The van der Waals surface area contributed by atoms with Gasteiger partial charge >= 0.3 is 0 Å². The van der Waals surface area contributed by atoms with Crippen LogP contribution in [-0.2, 0) is 6.42 Å². The summed E-state index contributed by atoms with van der Waals surface area (Å²) >= 11 is 4.58. The lowest BCUT2D eigenvalue weighted by atomic mass is 9.90. The van der Waals surface area contributed by atoms with Gasteiger partial charge < -0.3 is 4.90 Å². The van der Waals surface area contributed by atoms with Crippen LogP contribution in [0.4, 0.5) is 0 Å². The minimum atomic E-state index is 0.798. The maximum Gasteiger partial charge on any atom is 0.0620 e. The first-order valence-corrected chi connectivity index (χ1v) is 7.09. The molecule has 96 valence electrons. The largest absolute Gasteiger partial charge is 0.301 e. The fourth-order valence-corrected chi connectivity index (χ4v) is 2.69. The van der Waals surface area contributed by atoms with Crippen LogP contribution in [0.2, 0.25) is 0 Å². The number of aliphatic imine (C=N–C) groups is 1. The number of thiocarbonyl (C=S) groups is 1. The van der Waals surface area contributed by atoms with Gasteiger partial charge in [-0.05, 0) is 56.1 Å². The standard InChI is InChI=1S/C15H20N2S/c18-13-16-8-11-17-9-6-15(7-10-17)12-14-4-2-1-3-5-14/h1-5,15H,6-12H2. The summed E-state index contributed by atoms with van der Waals surface area (Å²) in [5.74, 6) is 0.845. The molecule has 1 aromatic rings. The molecule has 1 aromatic carbocycles. The van der Waals surface area contributed by atoms with Gasteiger partial charge in [0.2, 0.25) is 0 Å². The van der Waals surface area contributed by atoms with E-state index < -0.39 is 0 Å². The number of likely N-dealkylation sites (tertiary alicyclic amines) is 1. The fourth-order valence-electron chi connectivity index (χ4n) is 2.60. The van der Waals surface area contributed by atoms with Crippen LogP contribution in [0.3, 0.4) is 0 Å². The van der Waals surface area contributed by atoms with E-state index in [0.717, 1.165) is 19.0 Å². The van der Waals surface area contributed by atoms with E-state index in [9.17, 15) is 0 Å². The van der Waals surface area contributed by atoms with Gasteiger partial charge in [-0.2, -0.15) is 0 Å². The van der Waals surface area contributed by atoms with Gasteiger partial charge in [-0.1, -0.05) is 30.3 Å². The molecule has 0 atom stereocenters. The molecule has 1 fully saturated rings. The van der Waals surface area contributed by atoms with Crippen molar-refractivity contribution in [3.63, 3.8) is 0 Å². The lowest BCUT2D eigenvalue weighted by Crippen LogP contribution is -2.35. The Hall–Kier alpha value is -1.02. The second kappa shape index (κ2) is 7.42. The number of isothiocyanates is 1. The highest BCUT2D eigenvalue weighted by atomic mass is 32.1. The van der Waals surface area contributed by atoms with Crippen molar-refractivity contribution in [3.05, 3.63) is 35.9 Å².